The number of carbonyl (C=O) groups is 2. The van der Waals surface area contributed by atoms with Crippen LogP contribution in [0.3, 0.4) is 0 Å². The fraction of sp³-hybridized carbons (Fsp3) is 0.667. The van der Waals surface area contributed by atoms with Crippen molar-refractivity contribution in [1.29, 1.82) is 0 Å². The van der Waals surface area contributed by atoms with Gasteiger partial charge in [0.15, 0.2) is 0 Å². The molecule has 0 atom stereocenters. The van der Waals surface area contributed by atoms with Crippen LogP contribution in [-0.2, 0) is 6.42 Å². The van der Waals surface area contributed by atoms with E-state index in [-0.39, 0.29) is 17.0 Å². The number of rotatable bonds is 15. The van der Waals surface area contributed by atoms with Gasteiger partial charge in [-0.3, -0.25) is 0 Å². The van der Waals surface area contributed by atoms with Crippen LogP contribution in [0, 0.1) is 0 Å². The van der Waals surface area contributed by atoms with Gasteiger partial charge in [-0.05, 0) is 36.0 Å². The van der Waals surface area contributed by atoms with Gasteiger partial charge in [0, 0.05) is 0 Å². The molecule has 0 saturated carbocycles. The van der Waals surface area contributed by atoms with Crippen LogP contribution in [-0.4, -0.2) is 22.2 Å². The highest BCUT2D eigenvalue weighted by Crippen LogP contribution is 2.28. The first kappa shape index (κ1) is 24.2. The van der Waals surface area contributed by atoms with Gasteiger partial charge < -0.3 is 10.2 Å². The normalized spacial score (nSPS) is 11.1. The highest BCUT2D eigenvalue weighted by molar-refractivity contribution is 6.03. The summed E-state index contributed by atoms with van der Waals surface area (Å²) in [7, 11) is 0. The van der Waals surface area contributed by atoms with E-state index < -0.39 is 11.9 Å². The summed E-state index contributed by atoms with van der Waals surface area (Å²) in [5.41, 5.74) is 1.54. The molecule has 158 valence electrons. The highest BCUT2D eigenvalue weighted by Gasteiger charge is 2.23. The zero-order valence-electron chi connectivity index (χ0n) is 17.9. The summed E-state index contributed by atoms with van der Waals surface area (Å²) >= 11 is 0. The Morgan fingerprint density at radius 2 is 1.29 bits per heavy atom. The van der Waals surface area contributed by atoms with Gasteiger partial charge in [0.05, 0.1) is 11.1 Å². The third-order valence-corrected chi connectivity index (χ3v) is 5.45. The zero-order valence-corrected chi connectivity index (χ0v) is 17.9. The molecule has 2 N–H and O–H groups in total. The molecule has 0 heterocycles. The third-order valence-electron chi connectivity index (χ3n) is 5.45. The topological polar surface area (TPSA) is 74.6 Å². The standard InChI is InChI=1S/C24H38O4/c1-4-5-6-7-8-9-10-11-12-13-14-15-20-19(18(2)3)16-17-21(23(25)26)22(20)24(27)28/h16-18H,4-15H2,1-3H3,(H,25,26)(H,27,28). The third kappa shape index (κ3) is 8.04. The minimum absolute atomic E-state index is 0.0224. The molecule has 0 aliphatic carbocycles. The maximum Gasteiger partial charge on any atom is 0.336 e. The SMILES string of the molecule is CCCCCCCCCCCCCc1c(C(C)C)ccc(C(=O)O)c1C(=O)O. The molecule has 0 amide bonds. The van der Waals surface area contributed by atoms with Crippen molar-refractivity contribution >= 4 is 11.9 Å². The molecule has 4 heteroatoms. The van der Waals surface area contributed by atoms with E-state index in [4.69, 9.17) is 0 Å². The predicted molar refractivity (Wildman–Crippen MR) is 115 cm³/mol. The molecule has 0 aromatic heterocycles. The van der Waals surface area contributed by atoms with Crippen molar-refractivity contribution < 1.29 is 19.8 Å². The molecule has 0 radical (unpaired) electrons. The molecule has 1 aromatic carbocycles. The lowest BCUT2D eigenvalue weighted by Gasteiger charge is -2.17. The summed E-state index contributed by atoms with van der Waals surface area (Å²) in [6.07, 6.45) is 14.2. The summed E-state index contributed by atoms with van der Waals surface area (Å²) < 4.78 is 0. The quantitative estimate of drug-likeness (QED) is 0.314. The van der Waals surface area contributed by atoms with E-state index in [1.165, 1.54) is 57.4 Å². The molecule has 1 rings (SSSR count). The van der Waals surface area contributed by atoms with Crippen LogP contribution in [0.4, 0.5) is 0 Å². The Hall–Kier alpha value is -1.84. The summed E-state index contributed by atoms with van der Waals surface area (Å²) in [5.74, 6) is -2.14. The predicted octanol–water partition coefficient (Wildman–Crippen LogP) is 7.06. The Labute approximate surface area is 170 Å². The molecule has 1 aromatic rings. The number of aromatic carboxylic acids is 2. The number of carboxylic acids is 2. The van der Waals surface area contributed by atoms with Crippen molar-refractivity contribution in [1.82, 2.24) is 0 Å². The van der Waals surface area contributed by atoms with Crippen molar-refractivity contribution in [2.24, 2.45) is 0 Å². The molecule has 0 saturated heterocycles. The molecule has 0 fully saturated rings. The van der Waals surface area contributed by atoms with E-state index in [9.17, 15) is 19.8 Å². The van der Waals surface area contributed by atoms with Crippen molar-refractivity contribution in [3.05, 3.63) is 34.4 Å². The largest absolute Gasteiger partial charge is 0.478 e. The Morgan fingerprint density at radius 1 is 0.786 bits per heavy atom. The molecule has 0 bridgehead atoms. The fourth-order valence-corrected chi connectivity index (χ4v) is 3.86. The molecule has 4 nitrogen and oxygen atoms in total. The molecule has 0 aliphatic heterocycles. The summed E-state index contributed by atoms with van der Waals surface area (Å²) in [4.78, 5) is 23.2. The monoisotopic (exact) mass is 390 g/mol. The molecular formula is C24H38O4. The smallest absolute Gasteiger partial charge is 0.336 e. The molecule has 0 aliphatic rings. The number of carboxylic acid groups (broad SMARTS) is 2. The van der Waals surface area contributed by atoms with Crippen LogP contribution in [0.2, 0.25) is 0 Å². The van der Waals surface area contributed by atoms with Gasteiger partial charge in [-0.25, -0.2) is 9.59 Å². The average Bonchev–Trinajstić information content (AvgIpc) is 2.64. The molecule has 28 heavy (non-hydrogen) atoms. The van der Waals surface area contributed by atoms with Crippen molar-refractivity contribution in [2.75, 3.05) is 0 Å². The first-order valence-corrected chi connectivity index (χ1v) is 11.0. The van der Waals surface area contributed by atoms with Gasteiger partial charge in [-0.1, -0.05) is 91.0 Å². The number of hydrogen-bond acceptors (Lipinski definition) is 2. The van der Waals surface area contributed by atoms with E-state index in [1.807, 2.05) is 13.8 Å². The molecule has 0 unspecified atom stereocenters. The van der Waals surface area contributed by atoms with Crippen molar-refractivity contribution in [2.45, 2.75) is 104 Å². The Kier molecular flexibility index (Phi) is 11.5. The molecule has 0 spiro atoms. The number of hydrogen-bond donors (Lipinski definition) is 2. The van der Waals surface area contributed by atoms with Crippen LogP contribution in [0.5, 0.6) is 0 Å². The van der Waals surface area contributed by atoms with E-state index >= 15 is 0 Å². The van der Waals surface area contributed by atoms with Crippen LogP contribution in [0.25, 0.3) is 0 Å². The zero-order chi connectivity index (χ0) is 20.9. The summed E-state index contributed by atoms with van der Waals surface area (Å²) in [6, 6.07) is 3.22. The van der Waals surface area contributed by atoms with Gasteiger partial charge >= 0.3 is 11.9 Å². The Balaban J connectivity index is 2.53. The Bertz CT molecular complexity index is 619. The van der Waals surface area contributed by atoms with Gasteiger partial charge in [0.25, 0.3) is 0 Å². The lowest BCUT2D eigenvalue weighted by Crippen LogP contribution is -2.14. The number of benzene rings is 1. The lowest BCUT2D eigenvalue weighted by molar-refractivity contribution is 0.0650. The Morgan fingerprint density at radius 3 is 1.71 bits per heavy atom. The van der Waals surface area contributed by atoms with E-state index in [1.54, 1.807) is 6.07 Å². The van der Waals surface area contributed by atoms with Gasteiger partial charge in [-0.2, -0.15) is 0 Å². The fourth-order valence-electron chi connectivity index (χ4n) is 3.86. The average molecular weight is 391 g/mol. The summed E-state index contributed by atoms with van der Waals surface area (Å²) in [6.45, 7) is 6.28. The van der Waals surface area contributed by atoms with Crippen molar-refractivity contribution in [3.63, 3.8) is 0 Å². The van der Waals surface area contributed by atoms with E-state index in [0.29, 0.717) is 12.0 Å². The minimum atomic E-state index is -1.17. The maximum atomic E-state index is 11.8. The van der Waals surface area contributed by atoms with E-state index in [2.05, 4.69) is 6.92 Å². The van der Waals surface area contributed by atoms with Crippen LogP contribution in [0.1, 0.15) is 129 Å². The minimum Gasteiger partial charge on any atom is -0.478 e. The number of unbranched alkanes of at least 4 members (excludes halogenated alkanes) is 10. The first-order chi connectivity index (χ1) is 13.4. The van der Waals surface area contributed by atoms with Crippen LogP contribution < -0.4 is 0 Å². The highest BCUT2D eigenvalue weighted by atomic mass is 16.4. The lowest BCUT2D eigenvalue weighted by atomic mass is 9.87. The second-order valence-electron chi connectivity index (χ2n) is 8.11. The van der Waals surface area contributed by atoms with Gasteiger partial charge in [-0.15, -0.1) is 0 Å². The second kappa shape index (κ2) is 13.4. The second-order valence-corrected chi connectivity index (χ2v) is 8.11. The summed E-state index contributed by atoms with van der Waals surface area (Å²) in [5, 5.41) is 19.0. The molecular weight excluding hydrogens is 352 g/mol. The van der Waals surface area contributed by atoms with E-state index in [0.717, 1.165) is 24.8 Å². The van der Waals surface area contributed by atoms with Crippen LogP contribution in [0.15, 0.2) is 12.1 Å². The maximum absolute atomic E-state index is 11.8. The van der Waals surface area contributed by atoms with Crippen LogP contribution >= 0.6 is 0 Å². The van der Waals surface area contributed by atoms with Gasteiger partial charge in [0.2, 0.25) is 0 Å². The first-order valence-electron chi connectivity index (χ1n) is 11.0. The van der Waals surface area contributed by atoms with Gasteiger partial charge in [0.1, 0.15) is 0 Å². The van der Waals surface area contributed by atoms with Crippen molar-refractivity contribution in [3.8, 4) is 0 Å².